The summed E-state index contributed by atoms with van der Waals surface area (Å²) in [6, 6.07) is 0. The Balaban J connectivity index is 1.81. The maximum absolute atomic E-state index is 6.36. The number of rotatable bonds is 1. The Labute approximate surface area is 118 Å². The van der Waals surface area contributed by atoms with Crippen LogP contribution in [0.5, 0.6) is 0 Å². The Morgan fingerprint density at radius 2 is 2.00 bits per heavy atom. The second kappa shape index (κ2) is 5.09. The van der Waals surface area contributed by atoms with Crippen LogP contribution < -0.4 is 0 Å². The third kappa shape index (κ3) is 2.42. The normalized spacial score (nSPS) is 46.5. The first-order valence-electron chi connectivity index (χ1n) is 8.01. The number of hydrogen-bond donors (Lipinski definition) is 0. The first-order chi connectivity index (χ1) is 9.06. The second-order valence-corrected chi connectivity index (χ2v) is 7.30. The zero-order valence-electron chi connectivity index (χ0n) is 12.9. The summed E-state index contributed by atoms with van der Waals surface area (Å²) in [6.07, 6.45) is 9.29. The van der Waals surface area contributed by atoms with Crippen LogP contribution in [0.15, 0.2) is 23.3 Å². The average Bonchev–Trinajstić information content (AvgIpc) is 2.37. The highest BCUT2D eigenvalue weighted by atomic mass is 16.5. The topological polar surface area (TPSA) is 9.23 Å². The summed E-state index contributed by atoms with van der Waals surface area (Å²) in [5.41, 5.74) is 3.16. The van der Waals surface area contributed by atoms with Crippen molar-refractivity contribution in [3.63, 3.8) is 0 Å². The molecule has 1 saturated heterocycles. The van der Waals surface area contributed by atoms with E-state index in [1.54, 1.807) is 11.1 Å². The zero-order valence-corrected chi connectivity index (χ0v) is 12.9. The van der Waals surface area contributed by atoms with Gasteiger partial charge in [-0.2, -0.15) is 0 Å². The summed E-state index contributed by atoms with van der Waals surface area (Å²) in [4.78, 5) is 0. The van der Waals surface area contributed by atoms with Gasteiger partial charge in [-0.1, -0.05) is 37.1 Å². The summed E-state index contributed by atoms with van der Waals surface area (Å²) in [6.45, 7) is 10.4. The Morgan fingerprint density at radius 3 is 2.74 bits per heavy atom. The summed E-state index contributed by atoms with van der Waals surface area (Å²) >= 11 is 0. The van der Waals surface area contributed by atoms with E-state index in [1.165, 1.54) is 19.3 Å². The highest BCUT2D eigenvalue weighted by molar-refractivity contribution is 5.17. The monoisotopic (exact) mass is 260 g/mol. The van der Waals surface area contributed by atoms with Gasteiger partial charge in [-0.05, 0) is 56.8 Å². The number of allylic oxidation sites excluding steroid dienone is 3. The van der Waals surface area contributed by atoms with Crippen molar-refractivity contribution in [1.29, 1.82) is 0 Å². The molecular weight excluding hydrogens is 232 g/mol. The van der Waals surface area contributed by atoms with Gasteiger partial charge in [0.25, 0.3) is 0 Å². The van der Waals surface area contributed by atoms with E-state index in [0.29, 0.717) is 17.9 Å². The van der Waals surface area contributed by atoms with Gasteiger partial charge < -0.3 is 4.74 Å². The first kappa shape index (κ1) is 13.4. The number of fused-ring (bicyclic) bond motifs is 2. The van der Waals surface area contributed by atoms with Gasteiger partial charge in [-0.3, -0.25) is 0 Å². The molecule has 0 amide bonds. The van der Waals surface area contributed by atoms with E-state index in [0.717, 1.165) is 24.4 Å². The molecule has 106 valence electrons. The minimum Gasteiger partial charge on any atom is -0.377 e. The highest BCUT2D eigenvalue weighted by Crippen LogP contribution is 2.45. The minimum absolute atomic E-state index is 0.472. The molecule has 0 saturated carbocycles. The molecule has 2 aliphatic carbocycles. The summed E-state index contributed by atoms with van der Waals surface area (Å²) in [7, 11) is 0. The van der Waals surface area contributed by atoms with Gasteiger partial charge in [0, 0.05) is 5.92 Å². The molecule has 0 spiro atoms. The molecule has 1 fully saturated rings. The van der Waals surface area contributed by atoms with Crippen LogP contribution in [0.25, 0.3) is 0 Å². The third-order valence-electron chi connectivity index (χ3n) is 5.85. The molecule has 1 heteroatoms. The van der Waals surface area contributed by atoms with E-state index in [2.05, 4.69) is 39.8 Å². The molecule has 2 bridgehead atoms. The fourth-order valence-electron chi connectivity index (χ4n) is 4.56. The molecule has 3 rings (SSSR count). The van der Waals surface area contributed by atoms with Crippen LogP contribution in [0, 0.1) is 29.6 Å². The van der Waals surface area contributed by atoms with E-state index in [4.69, 9.17) is 4.74 Å². The van der Waals surface area contributed by atoms with Crippen LogP contribution >= 0.6 is 0 Å². The van der Waals surface area contributed by atoms with Crippen LogP contribution in [0.1, 0.15) is 47.0 Å². The molecule has 0 aromatic rings. The van der Waals surface area contributed by atoms with Crippen molar-refractivity contribution in [3.05, 3.63) is 23.3 Å². The third-order valence-corrected chi connectivity index (χ3v) is 5.85. The molecule has 1 aliphatic heterocycles. The Hall–Kier alpha value is -0.560. The van der Waals surface area contributed by atoms with Crippen LogP contribution in [0.3, 0.4) is 0 Å². The molecule has 1 heterocycles. The van der Waals surface area contributed by atoms with E-state index in [9.17, 15) is 0 Å². The van der Waals surface area contributed by atoms with Crippen LogP contribution in [-0.4, -0.2) is 12.7 Å². The van der Waals surface area contributed by atoms with Crippen LogP contribution in [0.2, 0.25) is 0 Å². The Kier molecular flexibility index (Phi) is 3.59. The van der Waals surface area contributed by atoms with E-state index >= 15 is 0 Å². The van der Waals surface area contributed by atoms with Crippen molar-refractivity contribution in [2.45, 2.75) is 53.1 Å². The lowest BCUT2D eigenvalue weighted by atomic mass is 9.66. The van der Waals surface area contributed by atoms with E-state index < -0.39 is 0 Å². The van der Waals surface area contributed by atoms with Crippen molar-refractivity contribution >= 4 is 0 Å². The van der Waals surface area contributed by atoms with Crippen molar-refractivity contribution < 1.29 is 4.74 Å². The van der Waals surface area contributed by atoms with Gasteiger partial charge in [0.15, 0.2) is 0 Å². The molecule has 0 N–H and O–H groups in total. The molecule has 0 unspecified atom stereocenters. The standard InChI is InChI=1S/C18H28O/c1-11-5-6-16(13(3)7-11)18-17-9-15(10-19-18)12(2)8-14(17)4/h5,8,12-13,15-18H,6-7,9-10H2,1-4H3/t12-,13+,15+,16-,17+,18+/m1/s1. The summed E-state index contributed by atoms with van der Waals surface area (Å²) in [5, 5.41) is 0. The van der Waals surface area contributed by atoms with Crippen molar-refractivity contribution in [3.8, 4) is 0 Å². The molecule has 19 heavy (non-hydrogen) atoms. The predicted octanol–water partition coefficient (Wildman–Crippen LogP) is 4.60. The van der Waals surface area contributed by atoms with Crippen molar-refractivity contribution in [2.75, 3.05) is 6.61 Å². The number of ether oxygens (including phenoxy) is 1. The molecule has 1 nitrogen and oxygen atoms in total. The smallest absolute Gasteiger partial charge is 0.0674 e. The van der Waals surface area contributed by atoms with Gasteiger partial charge in [0.2, 0.25) is 0 Å². The second-order valence-electron chi connectivity index (χ2n) is 7.30. The Morgan fingerprint density at radius 1 is 1.21 bits per heavy atom. The van der Waals surface area contributed by atoms with Crippen LogP contribution in [-0.2, 0) is 4.74 Å². The van der Waals surface area contributed by atoms with Gasteiger partial charge in [-0.25, -0.2) is 0 Å². The van der Waals surface area contributed by atoms with E-state index in [1.807, 2.05) is 0 Å². The van der Waals surface area contributed by atoms with Crippen molar-refractivity contribution in [2.24, 2.45) is 29.6 Å². The molecule has 0 aromatic heterocycles. The maximum Gasteiger partial charge on any atom is 0.0674 e. The SMILES string of the molecule is CC1=CC[C@@H]([C@@H]2OC[C@@H]3C[C@H]2C(C)=C[C@H]3C)[C@@H](C)C1. The Bertz CT molecular complexity index is 406. The fourth-order valence-corrected chi connectivity index (χ4v) is 4.56. The van der Waals surface area contributed by atoms with E-state index in [-0.39, 0.29) is 0 Å². The molecule has 6 atom stereocenters. The molecule has 0 radical (unpaired) electrons. The minimum atomic E-state index is 0.472. The van der Waals surface area contributed by atoms with Gasteiger partial charge in [0.05, 0.1) is 12.7 Å². The average molecular weight is 260 g/mol. The summed E-state index contributed by atoms with van der Waals surface area (Å²) in [5.74, 6) is 3.67. The largest absolute Gasteiger partial charge is 0.377 e. The lowest BCUT2D eigenvalue weighted by molar-refractivity contribution is -0.0982. The lowest BCUT2D eigenvalue weighted by Gasteiger charge is -2.47. The molecule has 0 aromatic carbocycles. The molecular formula is C18H28O. The quantitative estimate of drug-likeness (QED) is 0.626. The fraction of sp³-hybridized carbons (Fsp3) is 0.778. The molecule has 3 aliphatic rings. The van der Waals surface area contributed by atoms with Gasteiger partial charge in [0.1, 0.15) is 0 Å². The predicted molar refractivity (Wildman–Crippen MR) is 79.9 cm³/mol. The zero-order chi connectivity index (χ0) is 13.6. The van der Waals surface area contributed by atoms with Crippen molar-refractivity contribution in [1.82, 2.24) is 0 Å². The maximum atomic E-state index is 6.36. The van der Waals surface area contributed by atoms with Crippen LogP contribution in [0.4, 0.5) is 0 Å². The highest BCUT2D eigenvalue weighted by Gasteiger charge is 2.42. The first-order valence-corrected chi connectivity index (χ1v) is 8.01. The number of hydrogen-bond acceptors (Lipinski definition) is 1. The van der Waals surface area contributed by atoms with Gasteiger partial charge >= 0.3 is 0 Å². The summed E-state index contributed by atoms with van der Waals surface area (Å²) < 4.78 is 6.36. The van der Waals surface area contributed by atoms with Gasteiger partial charge in [-0.15, -0.1) is 0 Å². The lowest BCUT2D eigenvalue weighted by Crippen LogP contribution is -2.46.